The maximum Gasteiger partial charge on any atom is 0.415 e. The predicted molar refractivity (Wildman–Crippen MR) is 125 cm³/mol. The highest BCUT2D eigenvalue weighted by Gasteiger charge is 2.23. The minimum Gasteiger partial charge on any atom is -0.494 e. The van der Waals surface area contributed by atoms with E-state index in [2.05, 4.69) is 20.4 Å². The number of carbonyl (C=O) groups is 2. The molecule has 0 aliphatic carbocycles. The Bertz CT molecular complexity index is 1180. The van der Waals surface area contributed by atoms with Crippen LogP contribution in [-0.4, -0.2) is 51.4 Å². The molecule has 0 saturated heterocycles. The average molecular weight is 453 g/mol. The molecule has 0 bridgehead atoms. The molecule has 3 rings (SSSR count). The molecule has 0 aliphatic rings. The molecule has 3 aromatic rings. The van der Waals surface area contributed by atoms with Gasteiger partial charge in [0.2, 0.25) is 0 Å². The number of Topliss-reactive ketones (excluding diaryl/α,β-unsaturated/α-hetero) is 1. The fraction of sp³-hybridized carbons (Fsp3) is 0.348. The Labute approximate surface area is 192 Å². The van der Waals surface area contributed by atoms with Crippen LogP contribution in [0.1, 0.15) is 38.1 Å². The number of amides is 1. The van der Waals surface area contributed by atoms with Crippen LogP contribution in [0.2, 0.25) is 0 Å². The van der Waals surface area contributed by atoms with Crippen molar-refractivity contribution < 1.29 is 19.1 Å². The Morgan fingerprint density at radius 3 is 2.45 bits per heavy atom. The van der Waals surface area contributed by atoms with E-state index in [0.717, 1.165) is 0 Å². The number of aryl methyl sites for hydroxylation is 1. The van der Waals surface area contributed by atoms with Crippen molar-refractivity contribution >= 4 is 29.1 Å². The maximum atomic E-state index is 12.5. The number of nitrogens with zero attached hydrogens (tertiary/aromatic N) is 5. The Balaban J connectivity index is 2.01. The fourth-order valence-corrected chi connectivity index (χ4v) is 3.07. The SMILES string of the molecule is COc1c(Nc2cc(N(C)C(=O)OC(C)(C)C)ncc2C(C)=O)cccc1-c1ncn(C)n1. The highest BCUT2D eigenvalue weighted by atomic mass is 16.6. The molecular weight excluding hydrogens is 424 g/mol. The quantitative estimate of drug-likeness (QED) is 0.554. The number of nitrogens with one attached hydrogen (secondary N) is 1. The van der Waals surface area contributed by atoms with Crippen LogP contribution in [0.5, 0.6) is 5.75 Å². The van der Waals surface area contributed by atoms with Crippen LogP contribution in [0.3, 0.4) is 0 Å². The van der Waals surface area contributed by atoms with Crippen LogP contribution in [0.4, 0.5) is 22.0 Å². The second kappa shape index (κ2) is 9.27. The molecule has 0 spiro atoms. The Morgan fingerprint density at radius 1 is 1.15 bits per heavy atom. The van der Waals surface area contributed by atoms with Crippen molar-refractivity contribution in [3.05, 3.63) is 42.4 Å². The molecule has 1 amide bonds. The molecule has 0 radical (unpaired) electrons. The number of carbonyl (C=O) groups excluding carboxylic acids is 2. The van der Waals surface area contributed by atoms with Crippen molar-refractivity contribution in [2.75, 3.05) is 24.4 Å². The van der Waals surface area contributed by atoms with Gasteiger partial charge in [0.15, 0.2) is 17.4 Å². The Morgan fingerprint density at radius 2 is 1.88 bits per heavy atom. The van der Waals surface area contributed by atoms with Crippen LogP contribution in [0.25, 0.3) is 11.4 Å². The summed E-state index contributed by atoms with van der Waals surface area (Å²) in [6.07, 6.45) is 2.47. The lowest BCUT2D eigenvalue weighted by Gasteiger charge is -2.24. The van der Waals surface area contributed by atoms with Gasteiger partial charge in [-0.15, -0.1) is 0 Å². The molecule has 0 saturated carbocycles. The van der Waals surface area contributed by atoms with Gasteiger partial charge in [-0.1, -0.05) is 6.07 Å². The van der Waals surface area contributed by atoms with Gasteiger partial charge in [-0.05, 0) is 39.8 Å². The van der Waals surface area contributed by atoms with Crippen molar-refractivity contribution in [2.45, 2.75) is 33.3 Å². The summed E-state index contributed by atoms with van der Waals surface area (Å²) in [5.74, 6) is 1.15. The normalized spacial score (nSPS) is 11.1. The zero-order valence-electron chi connectivity index (χ0n) is 19.8. The van der Waals surface area contributed by atoms with Crippen molar-refractivity contribution in [1.82, 2.24) is 19.7 Å². The minimum atomic E-state index is -0.654. The third-order valence-corrected chi connectivity index (χ3v) is 4.61. The van der Waals surface area contributed by atoms with Gasteiger partial charge in [-0.25, -0.2) is 14.8 Å². The number of pyridine rings is 1. The summed E-state index contributed by atoms with van der Waals surface area (Å²) in [5.41, 5.74) is 1.46. The van der Waals surface area contributed by atoms with Gasteiger partial charge in [-0.2, -0.15) is 5.10 Å². The molecule has 2 heterocycles. The molecule has 10 heteroatoms. The van der Waals surface area contributed by atoms with E-state index in [0.29, 0.717) is 39.9 Å². The molecule has 0 fully saturated rings. The van der Waals surface area contributed by atoms with Gasteiger partial charge < -0.3 is 14.8 Å². The first-order chi connectivity index (χ1) is 15.5. The van der Waals surface area contributed by atoms with Crippen molar-refractivity contribution in [3.8, 4) is 17.1 Å². The molecule has 2 aromatic heterocycles. The fourth-order valence-electron chi connectivity index (χ4n) is 3.07. The number of ether oxygens (including phenoxy) is 2. The molecular formula is C23H28N6O4. The predicted octanol–water partition coefficient (Wildman–Crippen LogP) is 4.20. The van der Waals surface area contributed by atoms with E-state index in [1.807, 2.05) is 18.2 Å². The molecule has 10 nitrogen and oxygen atoms in total. The molecule has 33 heavy (non-hydrogen) atoms. The van der Waals surface area contributed by atoms with Crippen molar-refractivity contribution in [1.29, 1.82) is 0 Å². The molecule has 174 valence electrons. The molecule has 1 N–H and O–H groups in total. The number of para-hydroxylation sites is 1. The van der Waals surface area contributed by atoms with E-state index in [1.54, 1.807) is 59.1 Å². The smallest absolute Gasteiger partial charge is 0.415 e. The highest BCUT2D eigenvalue weighted by Crippen LogP contribution is 2.37. The zero-order chi connectivity index (χ0) is 24.3. The second-order valence-electron chi connectivity index (χ2n) is 8.44. The number of aromatic nitrogens is 4. The lowest BCUT2D eigenvalue weighted by molar-refractivity contribution is 0.0588. The topological polar surface area (TPSA) is 111 Å². The second-order valence-corrected chi connectivity index (χ2v) is 8.44. The zero-order valence-corrected chi connectivity index (χ0v) is 19.8. The molecule has 0 unspecified atom stereocenters. The van der Waals surface area contributed by atoms with Gasteiger partial charge in [0, 0.05) is 26.4 Å². The van der Waals surface area contributed by atoms with Crippen LogP contribution in [0.15, 0.2) is 36.8 Å². The number of hydrogen-bond donors (Lipinski definition) is 1. The number of anilines is 3. The Hall–Kier alpha value is -3.95. The van der Waals surface area contributed by atoms with Crippen LogP contribution < -0.4 is 15.0 Å². The van der Waals surface area contributed by atoms with Crippen molar-refractivity contribution in [3.63, 3.8) is 0 Å². The standard InChI is InChI=1S/C23H28N6O4/c1-14(30)16-12-24-19(29(6)22(31)33-23(2,3)4)11-18(16)26-17-10-8-9-15(20(17)32-7)21-25-13-28(5)27-21/h8-13H,1-7H3,(H,24,26). The summed E-state index contributed by atoms with van der Waals surface area (Å²) < 4.78 is 12.7. The third kappa shape index (κ3) is 5.46. The minimum absolute atomic E-state index is 0.182. The van der Waals surface area contributed by atoms with E-state index in [1.165, 1.54) is 18.0 Å². The summed E-state index contributed by atoms with van der Waals surface area (Å²) in [6.45, 7) is 6.81. The number of rotatable bonds is 6. The van der Waals surface area contributed by atoms with Gasteiger partial charge >= 0.3 is 6.09 Å². The van der Waals surface area contributed by atoms with Crippen LogP contribution >= 0.6 is 0 Å². The first-order valence-corrected chi connectivity index (χ1v) is 10.3. The average Bonchev–Trinajstić information content (AvgIpc) is 3.17. The monoisotopic (exact) mass is 452 g/mol. The Kier molecular flexibility index (Phi) is 6.66. The molecule has 1 aromatic carbocycles. The van der Waals surface area contributed by atoms with E-state index in [4.69, 9.17) is 9.47 Å². The highest BCUT2D eigenvalue weighted by molar-refractivity contribution is 6.01. The first-order valence-electron chi connectivity index (χ1n) is 10.3. The number of methoxy groups -OCH3 is 1. The van der Waals surface area contributed by atoms with E-state index < -0.39 is 11.7 Å². The van der Waals surface area contributed by atoms with Gasteiger partial charge in [0.05, 0.1) is 29.6 Å². The van der Waals surface area contributed by atoms with Gasteiger partial charge in [0.25, 0.3) is 0 Å². The summed E-state index contributed by atoms with van der Waals surface area (Å²) >= 11 is 0. The van der Waals surface area contributed by atoms with Gasteiger partial charge in [-0.3, -0.25) is 14.4 Å². The number of benzene rings is 1. The summed E-state index contributed by atoms with van der Waals surface area (Å²) in [6, 6.07) is 7.11. The van der Waals surface area contributed by atoms with Crippen LogP contribution in [-0.2, 0) is 11.8 Å². The molecule has 0 atom stereocenters. The summed E-state index contributed by atoms with van der Waals surface area (Å²) in [4.78, 5) is 34.6. The first kappa shape index (κ1) is 23.7. The van der Waals surface area contributed by atoms with Crippen molar-refractivity contribution in [2.24, 2.45) is 7.05 Å². The third-order valence-electron chi connectivity index (χ3n) is 4.61. The summed E-state index contributed by atoms with van der Waals surface area (Å²) in [7, 11) is 4.89. The lowest BCUT2D eigenvalue weighted by atomic mass is 10.1. The van der Waals surface area contributed by atoms with E-state index in [-0.39, 0.29) is 5.78 Å². The van der Waals surface area contributed by atoms with Crippen LogP contribution in [0, 0.1) is 0 Å². The number of ketones is 1. The maximum absolute atomic E-state index is 12.5. The van der Waals surface area contributed by atoms with E-state index in [9.17, 15) is 9.59 Å². The summed E-state index contributed by atoms with van der Waals surface area (Å²) in [5, 5.41) is 7.59. The molecule has 0 aliphatic heterocycles. The lowest BCUT2D eigenvalue weighted by Crippen LogP contribution is -2.34. The number of hydrogen-bond acceptors (Lipinski definition) is 8. The van der Waals surface area contributed by atoms with Gasteiger partial charge in [0.1, 0.15) is 17.7 Å². The largest absolute Gasteiger partial charge is 0.494 e. The van der Waals surface area contributed by atoms with E-state index >= 15 is 0 Å².